The van der Waals surface area contributed by atoms with Gasteiger partial charge in [-0.05, 0) is 24.3 Å². The monoisotopic (exact) mass is 246 g/mol. The number of imidazole rings is 1. The van der Waals surface area contributed by atoms with Crippen LogP contribution < -0.4 is 11.3 Å². The molecule has 0 aliphatic rings. The van der Waals surface area contributed by atoms with Crippen LogP contribution in [0.5, 0.6) is 0 Å². The molecule has 0 saturated carbocycles. The Morgan fingerprint density at radius 1 is 1.39 bits per heavy atom. The van der Waals surface area contributed by atoms with Crippen molar-refractivity contribution in [2.24, 2.45) is 5.84 Å². The van der Waals surface area contributed by atoms with E-state index < -0.39 is 6.04 Å². The van der Waals surface area contributed by atoms with Gasteiger partial charge in [0.25, 0.3) is 0 Å². The van der Waals surface area contributed by atoms with E-state index in [1.807, 2.05) is 0 Å². The van der Waals surface area contributed by atoms with Crippen LogP contribution in [0.15, 0.2) is 41.1 Å². The van der Waals surface area contributed by atoms with E-state index in [1.165, 1.54) is 12.1 Å². The third kappa shape index (κ3) is 1.77. The number of halogens is 1. The standard InChI is InChI=1S/C12H11FN4O/c13-8-1-2-9-7(5-8)6-10(18-9)11(17-14)12-15-3-4-16-12/h1-6,11,17H,14H2,(H,15,16). The minimum atomic E-state index is -0.393. The highest BCUT2D eigenvalue weighted by Crippen LogP contribution is 2.26. The van der Waals surface area contributed by atoms with E-state index in [0.29, 0.717) is 22.6 Å². The van der Waals surface area contributed by atoms with Gasteiger partial charge < -0.3 is 9.40 Å². The highest BCUT2D eigenvalue weighted by atomic mass is 19.1. The Morgan fingerprint density at radius 3 is 3.00 bits per heavy atom. The van der Waals surface area contributed by atoms with E-state index in [0.717, 1.165) is 0 Å². The Balaban J connectivity index is 2.07. The summed E-state index contributed by atoms with van der Waals surface area (Å²) in [7, 11) is 0. The van der Waals surface area contributed by atoms with Crippen LogP contribution in [-0.4, -0.2) is 9.97 Å². The second-order valence-electron chi connectivity index (χ2n) is 3.91. The number of hydrazine groups is 1. The Bertz CT molecular complexity index is 662. The van der Waals surface area contributed by atoms with E-state index in [2.05, 4.69) is 15.4 Å². The number of fused-ring (bicyclic) bond motifs is 1. The van der Waals surface area contributed by atoms with Crippen molar-refractivity contribution in [3.05, 3.63) is 54.1 Å². The Morgan fingerprint density at radius 2 is 2.28 bits per heavy atom. The Kier molecular flexibility index (Phi) is 2.58. The van der Waals surface area contributed by atoms with Gasteiger partial charge in [-0.1, -0.05) is 0 Å². The number of rotatable bonds is 3. The molecule has 3 rings (SSSR count). The van der Waals surface area contributed by atoms with Gasteiger partial charge in [-0.3, -0.25) is 5.84 Å². The van der Waals surface area contributed by atoms with Gasteiger partial charge in [-0.2, -0.15) is 0 Å². The van der Waals surface area contributed by atoms with Gasteiger partial charge in [0.15, 0.2) is 0 Å². The molecule has 0 spiro atoms. The van der Waals surface area contributed by atoms with Crippen LogP contribution in [0, 0.1) is 5.82 Å². The van der Waals surface area contributed by atoms with Crippen molar-refractivity contribution in [1.82, 2.24) is 15.4 Å². The molecule has 0 amide bonds. The molecule has 5 nitrogen and oxygen atoms in total. The third-order valence-electron chi connectivity index (χ3n) is 2.74. The van der Waals surface area contributed by atoms with Crippen molar-refractivity contribution >= 4 is 11.0 Å². The van der Waals surface area contributed by atoms with Crippen molar-refractivity contribution in [3.8, 4) is 0 Å². The van der Waals surface area contributed by atoms with E-state index >= 15 is 0 Å². The maximum atomic E-state index is 13.1. The van der Waals surface area contributed by atoms with E-state index in [1.54, 1.807) is 24.5 Å². The molecule has 0 fully saturated rings. The zero-order chi connectivity index (χ0) is 12.5. The first-order chi connectivity index (χ1) is 8.78. The second-order valence-corrected chi connectivity index (χ2v) is 3.91. The number of furan rings is 1. The first-order valence-electron chi connectivity index (χ1n) is 5.42. The lowest BCUT2D eigenvalue weighted by Crippen LogP contribution is -2.29. The Labute approximate surface area is 102 Å². The number of aromatic nitrogens is 2. The molecule has 3 aromatic rings. The molecule has 2 aromatic heterocycles. The molecule has 6 heteroatoms. The molecule has 0 radical (unpaired) electrons. The molecular weight excluding hydrogens is 235 g/mol. The predicted molar refractivity (Wildman–Crippen MR) is 63.9 cm³/mol. The summed E-state index contributed by atoms with van der Waals surface area (Å²) in [6, 6.07) is 5.70. The summed E-state index contributed by atoms with van der Waals surface area (Å²) in [4.78, 5) is 7.07. The molecule has 0 aliphatic heterocycles. The van der Waals surface area contributed by atoms with Gasteiger partial charge in [0.05, 0.1) is 0 Å². The van der Waals surface area contributed by atoms with Crippen LogP contribution in [0.3, 0.4) is 0 Å². The van der Waals surface area contributed by atoms with E-state index in [9.17, 15) is 4.39 Å². The maximum Gasteiger partial charge on any atom is 0.137 e. The molecular formula is C12H11FN4O. The molecule has 2 heterocycles. The van der Waals surface area contributed by atoms with Gasteiger partial charge in [-0.15, -0.1) is 0 Å². The average molecular weight is 246 g/mol. The number of nitrogens with two attached hydrogens (primary N) is 1. The predicted octanol–water partition coefficient (Wildman–Crippen LogP) is 1.85. The SMILES string of the molecule is NNC(c1ncc[nH]1)c1cc2cc(F)ccc2o1. The molecule has 0 bridgehead atoms. The smallest absolute Gasteiger partial charge is 0.137 e. The van der Waals surface area contributed by atoms with Crippen LogP contribution in [0.2, 0.25) is 0 Å². The number of nitrogens with zero attached hydrogens (tertiary/aromatic N) is 1. The van der Waals surface area contributed by atoms with E-state index in [-0.39, 0.29) is 5.82 Å². The average Bonchev–Trinajstić information content (AvgIpc) is 2.98. The van der Waals surface area contributed by atoms with Gasteiger partial charge in [0.2, 0.25) is 0 Å². The number of benzene rings is 1. The second kappa shape index (κ2) is 4.25. The molecule has 1 atom stereocenters. The van der Waals surface area contributed by atoms with Crippen LogP contribution in [0.1, 0.15) is 17.6 Å². The summed E-state index contributed by atoms with van der Waals surface area (Å²) in [5.41, 5.74) is 3.22. The lowest BCUT2D eigenvalue weighted by molar-refractivity contribution is 0.466. The fourth-order valence-electron chi connectivity index (χ4n) is 1.91. The first kappa shape index (κ1) is 10.9. The molecule has 1 unspecified atom stereocenters. The third-order valence-corrected chi connectivity index (χ3v) is 2.74. The molecule has 1 aromatic carbocycles. The Hall–Kier alpha value is -2.18. The number of hydrogen-bond acceptors (Lipinski definition) is 4. The quantitative estimate of drug-likeness (QED) is 0.486. The molecule has 0 aliphatic carbocycles. The molecule has 0 saturated heterocycles. The van der Waals surface area contributed by atoms with Gasteiger partial charge in [0.1, 0.15) is 29.0 Å². The van der Waals surface area contributed by atoms with Crippen LogP contribution >= 0.6 is 0 Å². The van der Waals surface area contributed by atoms with Crippen LogP contribution in [-0.2, 0) is 0 Å². The number of nitrogens with one attached hydrogen (secondary N) is 2. The summed E-state index contributed by atoms with van der Waals surface area (Å²) < 4.78 is 18.7. The minimum Gasteiger partial charge on any atom is -0.459 e. The van der Waals surface area contributed by atoms with Crippen molar-refractivity contribution in [2.45, 2.75) is 6.04 Å². The number of H-pyrrole nitrogens is 1. The topological polar surface area (TPSA) is 79.9 Å². The fourth-order valence-corrected chi connectivity index (χ4v) is 1.91. The summed E-state index contributed by atoms with van der Waals surface area (Å²) in [5.74, 6) is 6.42. The van der Waals surface area contributed by atoms with Gasteiger partial charge >= 0.3 is 0 Å². The fraction of sp³-hybridized carbons (Fsp3) is 0.0833. The summed E-state index contributed by atoms with van der Waals surface area (Å²) in [5, 5.41) is 0.691. The van der Waals surface area contributed by atoms with Crippen molar-refractivity contribution in [1.29, 1.82) is 0 Å². The largest absolute Gasteiger partial charge is 0.459 e. The lowest BCUT2D eigenvalue weighted by Gasteiger charge is -2.09. The van der Waals surface area contributed by atoms with Crippen molar-refractivity contribution in [3.63, 3.8) is 0 Å². The number of aromatic amines is 1. The normalized spacial score (nSPS) is 13.0. The van der Waals surface area contributed by atoms with Crippen LogP contribution in [0.25, 0.3) is 11.0 Å². The summed E-state index contributed by atoms with van der Waals surface area (Å²) in [6.07, 6.45) is 3.32. The van der Waals surface area contributed by atoms with Gasteiger partial charge in [0, 0.05) is 17.8 Å². The van der Waals surface area contributed by atoms with Crippen LogP contribution in [0.4, 0.5) is 4.39 Å². The van der Waals surface area contributed by atoms with Gasteiger partial charge in [-0.25, -0.2) is 14.8 Å². The zero-order valence-corrected chi connectivity index (χ0v) is 9.35. The first-order valence-corrected chi connectivity index (χ1v) is 5.42. The van der Waals surface area contributed by atoms with E-state index in [4.69, 9.17) is 10.3 Å². The highest BCUT2D eigenvalue weighted by molar-refractivity contribution is 5.78. The highest BCUT2D eigenvalue weighted by Gasteiger charge is 2.19. The molecule has 4 N–H and O–H groups in total. The number of hydrogen-bond donors (Lipinski definition) is 3. The summed E-state index contributed by atoms with van der Waals surface area (Å²) >= 11 is 0. The lowest BCUT2D eigenvalue weighted by atomic mass is 10.2. The van der Waals surface area contributed by atoms with Crippen molar-refractivity contribution in [2.75, 3.05) is 0 Å². The summed E-state index contributed by atoms with van der Waals surface area (Å²) in [6.45, 7) is 0. The zero-order valence-electron chi connectivity index (χ0n) is 9.35. The minimum absolute atomic E-state index is 0.301. The molecule has 92 valence electrons. The molecule has 18 heavy (non-hydrogen) atoms. The maximum absolute atomic E-state index is 13.1. The van der Waals surface area contributed by atoms with Crippen molar-refractivity contribution < 1.29 is 8.81 Å².